The summed E-state index contributed by atoms with van der Waals surface area (Å²) in [6.45, 7) is -0.0435. The Balaban J connectivity index is 1.59. The molecule has 228 valence electrons. The van der Waals surface area contributed by atoms with Crippen molar-refractivity contribution in [3.8, 4) is 5.75 Å². The van der Waals surface area contributed by atoms with Crippen LogP contribution in [0.3, 0.4) is 0 Å². The fraction of sp³-hybridized carbons (Fsp3) is 0.212. The molecule has 0 bridgehead atoms. The molecule has 0 unspecified atom stereocenters. The van der Waals surface area contributed by atoms with Gasteiger partial charge in [0.2, 0.25) is 5.90 Å². The van der Waals surface area contributed by atoms with Crippen LogP contribution in [0.15, 0.2) is 94.4 Å². The molecule has 4 aromatic carbocycles. The van der Waals surface area contributed by atoms with Crippen molar-refractivity contribution in [3.63, 3.8) is 0 Å². The number of aliphatic hydroxyl groups is 1. The summed E-state index contributed by atoms with van der Waals surface area (Å²) in [5.74, 6) is -1.41. The van der Waals surface area contributed by atoms with E-state index in [9.17, 15) is 13.6 Å². The number of carbonyl (C=O) groups excluding carboxylic acids is 1. The number of ether oxygens (including phenoxy) is 2. The number of aliphatic imine (C=N–C) groups is 1. The summed E-state index contributed by atoms with van der Waals surface area (Å²) in [4.78, 5) is 19.2. The van der Waals surface area contributed by atoms with E-state index in [2.05, 4.69) is 21.2 Å². The van der Waals surface area contributed by atoms with Crippen LogP contribution in [0.4, 0.5) is 8.78 Å². The Labute approximate surface area is 271 Å². The SMILES string of the molecule is O=C(NCc1c(F)cccc1F)[C@]1(Cc2ccc(Br)cc2)N=C(c2ccc(OCCCO)cc2)O[C@@H]1c1ccc(Cl)cc1Cl. The van der Waals surface area contributed by atoms with Crippen LogP contribution in [0.2, 0.25) is 10.0 Å². The number of carbonyl (C=O) groups is 1. The van der Waals surface area contributed by atoms with E-state index in [1.165, 1.54) is 6.07 Å². The molecule has 1 heterocycles. The summed E-state index contributed by atoms with van der Waals surface area (Å²) in [7, 11) is 0. The predicted molar refractivity (Wildman–Crippen MR) is 169 cm³/mol. The van der Waals surface area contributed by atoms with Crippen molar-refractivity contribution >= 4 is 50.9 Å². The molecule has 2 atom stereocenters. The van der Waals surface area contributed by atoms with Crippen molar-refractivity contribution in [1.82, 2.24) is 5.32 Å². The standard InChI is InChI=1S/C33H27BrCl2F2N2O4/c34-22-9-5-20(6-10-22)18-33(32(42)39-19-26-28(37)3-1-4-29(26)38)30(25-14-11-23(35)17-27(25)36)44-31(40-33)21-7-12-24(13-8-21)43-16-2-15-41/h1,3-14,17,30,41H,2,15-16,18-19H2,(H,39,42)/t30-,33-/m1/s1. The average Bonchev–Trinajstić information content (AvgIpc) is 3.38. The van der Waals surface area contributed by atoms with E-state index in [1.54, 1.807) is 42.5 Å². The minimum Gasteiger partial charge on any atom is -0.494 e. The summed E-state index contributed by atoms with van der Waals surface area (Å²) in [5, 5.41) is 12.4. The van der Waals surface area contributed by atoms with Crippen molar-refractivity contribution in [2.24, 2.45) is 4.99 Å². The van der Waals surface area contributed by atoms with E-state index >= 15 is 0 Å². The van der Waals surface area contributed by atoms with Gasteiger partial charge in [-0.2, -0.15) is 0 Å². The van der Waals surface area contributed by atoms with Crippen molar-refractivity contribution in [2.45, 2.75) is 31.0 Å². The molecule has 1 aliphatic heterocycles. The van der Waals surface area contributed by atoms with Crippen LogP contribution < -0.4 is 10.1 Å². The average molecular weight is 704 g/mol. The molecule has 0 radical (unpaired) electrons. The van der Waals surface area contributed by atoms with Crippen molar-refractivity contribution in [3.05, 3.63) is 133 Å². The Morgan fingerprint density at radius 1 is 1.02 bits per heavy atom. The zero-order valence-electron chi connectivity index (χ0n) is 23.2. The maximum atomic E-state index is 14.5. The summed E-state index contributed by atoms with van der Waals surface area (Å²) in [6.07, 6.45) is -0.468. The zero-order chi connectivity index (χ0) is 31.3. The number of amides is 1. The third kappa shape index (κ3) is 7.07. The summed E-state index contributed by atoms with van der Waals surface area (Å²) < 4.78 is 42.0. The Morgan fingerprint density at radius 2 is 1.73 bits per heavy atom. The highest BCUT2D eigenvalue weighted by Crippen LogP contribution is 2.45. The number of aliphatic hydroxyl groups excluding tert-OH is 1. The zero-order valence-corrected chi connectivity index (χ0v) is 26.3. The largest absolute Gasteiger partial charge is 0.494 e. The second kappa shape index (κ2) is 14.1. The predicted octanol–water partition coefficient (Wildman–Crippen LogP) is 7.61. The van der Waals surface area contributed by atoms with Gasteiger partial charge in [0.05, 0.1) is 6.61 Å². The van der Waals surface area contributed by atoms with Crippen molar-refractivity contribution in [2.75, 3.05) is 13.2 Å². The maximum Gasteiger partial charge on any atom is 0.252 e. The molecule has 6 nitrogen and oxygen atoms in total. The van der Waals surface area contributed by atoms with Crippen molar-refractivity contribution < 1.29 is 28.2 Å². The topological polar surface area (TPSA) is 80.2 Å². The first-order chi connectivity index (χ1) is 21.2. The second-order valence-corrected chi connectivity index (χ2v) is 11.9. The first-order valence-electron chi connectivity index (χ1n) is 13.7. The number of benzene rings is 4. The lowest BCUT2D eigenvalue weighted by molar-refractivity contribution is -0.129. The molecule has 0 spiro atoms. The van der Waals surface area contributed by atoms with Gasteiger partial charge in [-0.15, -0.1) is 0 Å². The number of nitrogens with one attached hydrogen (secondary N) is 1. The molecular formula is C33H27BrCl2F2N2O4. The van der Waals surface area contributed by atoms with Gasteiger partial charge in [0.15, 0.2) is 11.6 Å². The van der Waals surface area contributed by atoms with E-state index in [1.807, 2.05) is 24.3 Å². The lowest BCUT2D eigenvalue weighted by atomic mass is 9.82. The molecule has 1 amide bonds. The fourth-order valence-corrected chi connectivity index (χ4v) is 5.68. The highest BCUT2D eigenvalue weighted by molar-refractivity contribution is 9.10. The highest BCUT2D eigenvalue weighted by Gasteiger charge is 2.54. The number of rotatable bonds is 11. The van der Waals surface area contributed by atoms with E-state index in [4.69, 9.17) is 42.8 Å². The molecule has 0 fully saturated rings. The molecule has 1 aliphatic rings. The minimum atomic E-state index is -1.64. The van der Waals surface area contributed by atoms with Crippen LogP contribution in [0.5, 0.6) is 5.75 Å². The number of halogens is 5. The second-order valence-electron chi connectivity index (χ2n) is 10.1. The maximum absolute atomic E-state index is 14.5. The fourth-order valence-electron chi connectivity index (χ4n) is 4.91. The van der Waals surface area contributed by atoms with Gasteiger partial charge in [0, 0.05) is 57.2 Å². The van der Waals surface area contributed by atoms with Crippen molar-refractivity contribution in [1.29, 1.82) is 0 Å². The van der Waals surface area contributed by atoms with Crippen LogP contribution in [-0.4, -0.2) is 35.7 Å². The van der Waals surface area contributed by atoms with Crippen LogP contribution in [0, 0.1) is 11.6 Å². The van der Waals surface area contributed by atoms with Gasteiger partial charge in [-0.05, 0) is 66.2 Å². The Kier molecular flexibility index (Phi) is 10.2. The van der Waals surface area contributed by atoms with E-state index in [0.717, 1.165) is 22.2 Å². The molecule has 0 aromatic heterocycles. The Hall–Kier alpha value is -3.50. The highest BCUT2D eigenvalue weighted by atomic mass is 79.9. The first kappa shape index (κ1) is 31.9. The van der Waals surface area contributed by atoms with Gasteiger partial charge < -0.3 is 19.9 Å². The molecule has 5 rings (SSSR count). The monoisotopic (exact) mass is 702 g/mol. The molecule has 44 heavy (non-hydrogen) atoms. The quantitative estimate of drug-likeness (QED) is 0.158. The summed E-state index contributed by atoms with van der Waals surface area (Å²) in [6, 6.07) is 22.7. The van der Waals surface area contributed by atoms with Gasteiger partial charge in [-0.25, -0.2) is 13.8 Å². The normalized spacial score (nSPS) is 17.6. The van der Waals surface area contributed by atoms with Gasteiger partial charge in [0.1, 0.15) is 17.4 Å². The van der Waals surface area contributed by atoms with Gasteiger partial charge in [-0.3, -0.25) is 4.79 Å². The molecule has 0 saturated heterocycles. The molecule has 0 saturated carbocycles. The van der Waals surface area contributed by atoms with E-state index in [0.29, 0.717) is 34.9 Å². The lowest BCUT2D eigenvalue weighted by Gasteiger charge is -2.31. The smallest absolute Gasteiger partial charge is 0.252 e. The number of nitrogens with zero attached hydrogens (tertiary/aromatic N) is 1. The minimum absolute atomic E-state index is 0.0173. The third-order valence-electron chi connectivity index (χ3n) is 7.15. The Bertz CT molecular complexity index is 1650. The molecule has 0 aliphatic carbocycles. The van der Waals surface area contributed by atoms with Crippen LogP contribution in [0.1, 0.15) is 34.8 Å². The molecular weight excluding hydrogens is 677 g/mol. The van der Waals surface area contributed by atoms with Crippen LogP contribution in [-0.2, 0) is 22.5 Å². The first-order valence-corrected chi connectivity index (χ1v) is 15.3. The number of hydrogen-bond acceptors (Lipinski definition) is 5. The van der Waals surface area contributed by atoms with Gasteiger partial charge in [-0.1, -0.05) is 63.4 Å². The van der Waals surface area contributed by atoms with Crippen LogP contribution in [0.25, 0.3) is 0 Å². The van der Waals surface area contributed by atoms with Gasteiger partial charge in [0.25, 0.3) is 5.91 Å². The van der Waals surface area contributed by atoms with E-state index < -0.39 is 35.7 Å². The summed E-state index contributed by atoms with van der Waals surface area (Å²) >= 11 is 16.3. The molecule has 4 aromatic rings. The third-order valence-corrected chi connectivity index (χ3v) is 8.24. The Morgan fingerprint density at radius 3 is 2.39 bits per heavy atom. The number of hydrogen-bond donors (Lipinski definition) is 2. The summed E-state index contributed by atoms with van der Waals surface area (Å²) in [5.41, 5.74) is -0.126. The molecule has 2 N–H and O–H groups in total. The molecule has 11 heteroatoms. The lowest BCUT2D eigenvalue weighted by Crippen LogP contribution is -2.50. The van der Waals surface area contributed by atoms with E-state index in [-0.39, 0.29) is 29.5 Å². The van der Waals surface area contributed by atoms with Gasteiger partial charge >= 0.3 is 0 Å². The van der Waals surface area contributed by atoms with Crippen LogP contribution >= 0.6 is 39.1 Å².